The monoisotopic (exact) mass is 423 g/mol. The number of nitrogens with one attached hydrogen (secondary N) is 2. The molecular weight excluding hydrogens is 397 g/mol. The third-order valence-corrected chi connectivity index (χ3v) is 6.57. The molecule has 0 aliphatic carbocycles. The van der Waals surface area contributed by atoms with Gasteiger partial charge in [0.15, 0.2) is 0 Å². The molecule has 162 valence electrons. The quantitative estimate of drug-likeness (QED) is 0.726. The van der Waals surface area contributed by atoms with E-state index in [0.717, 1.165) is 5.56 Å². The van der Waals surface area contributed by atoms with E-state index in [1.165, 1.54) is 6.07 Å². The third kappa shape index (κ3) is 4.04. The van der Waals surface area contributed by atoms with Gasteiger partial charge in [0.25, 0.3) is 5.91 Å². The van der Waals surface area contributed by atoms with Crippen molar-refractivity contribution in [2.45, 2.75) is 37.6 Å². The van der Waals surface area contributed by atoms with Crippen LogP contribution in [0, 0.1) is 11.7 Å². The van der Waals surface area contributed by atoms with Crippen molar-refractivity contribution in [2.75, 3.05) is 13.1 Å². The molecule has 7 heteroatoms. The molecule has 2 aliphatic rings. The number of hydrogen-bond donors (Lipinski definition) is 2. The van der Waals surface area contributed by atoms with Crippen LogP contribution in [0.3, 0.4) is 0 Å². The lowest BCUT2D eigenvalue weighted by atomic mass is 9.74. The van der Waals surface area contributed by atoms with E-state index in [2.05, 4.69) is 10.6 Å². The molecule has 0 saturated carbocycles. The molecule has 2 N–H and O–H groups in total. The first-order valence-corrected chi connectivity index (χ1v) is 10.6. The number of hydrogen-bond acceptors (Lipinski definition) is 3. The Hall–Kier alpha value is -3.22. The van der Waals surface area contributed by atoms with Gasteiger partial charge in [-0.25, -0.2) is 9.18 Å². The fourth-order valence-corrected chi connectivity index (χ4v) is 4.75. The van der Waals surface area contributed by atoms with E-state index >= 15 is 0 Å². The number of halogens is 1. The lowest BCUT2D eigenvalue weighted by Gasteiger charge is -2.41. The first-order valence-electron chi connectivity index (χ1n) is 10.6. The number of imide groups is 1. The van der Waals surface area contributed by atoms with Crippen LogP contribution < -0.4 is 10.6 Å². The van der Waals surface area contributed by atoms with Crippen LogP contribution in [0.5, 0.6) is 0 Å². The summed E-state index contributed by atoms with van der Waals surface area (Å²) in [5.41, 5.74) is 0.142. The maximum absolute atomic E-state index is 14.3. The molecular formula is C24H26FN3O3. The number of amides is 4. The molecule has 2 atom stereocenters. The number of urea groups is 1. The van der Waals surface area contributed by atoms with Gasteiger partial charge in [0, 0.05) is 19.5 Å². The number of carbonyl (C=O) groups is 3. The highest BCUT2D eigenvalue weighted by Crippen LogP contribution is 2.35. The van der Waals surface area contributed by atoms with E-state index in [-0.39, 0.29) is 24.2 Å². The molecule has 2 aromatic rings. The molecule has 2 aromatic carbocycles. The van der Waals surface area contributed by atoms with Gasteiger partial charge in [-0.1, -0.05) is 48.5 Å². The van der Waals surface area contributed by atoms with Crippen molar-refractivity contribution in [1.29, 1.82) is 0 Å². The minimum absolute atomic E-state index is 0.0488. The molecule has 2 fully saturated rings. The number of carbonyl (C=O) groups excluding carboxylic acids is 3. The van der Waals surface area contributed by atoms with Crippen LogP contribution in [0.15, 0.2) is 54.6 Å². The highest BCUT2D eigenvalue weighted by molar-refractivity contribution is 6.07. The van der Waals surface area contributed by atoms with Crippen molar-refractivity contribution in [3.8, 4) is 0 Å². The Morgan fingerprint density at radius 1 is 1.10 bits per heavy atom. The Kier molecular flexibility index (Phi) is 5.76. The van der Waals surface area contributed by atoms with Gasteiger partial charge in [0.05, 0.1) is 5.92 Å². The van der Waals surface area contributed by atoms with Crippen molar-refractivity contribution in [3.63, 3.8) is 0 Å². The van der Waals surface area contributed by atoms with Crippen LogP contribution in [0.25, 0.3) is 0 Å². The largest absolute Gasteiger partial charge is 0.342 e. The van der Waals surface area contributed by atoms with Crippen molar-refractivity contribution >= 4 is 17.8 Å². The number of rotatable bonds is 5. The number of nitrogens with zero attached hydrogens (tertiary/aromatic N) is 1. The number of piperidine rings is 1. The van der Waals surface area contributed by atoms with Crippen LogP contribution in [-0.4, -0.2) is 41.4 Å². The first-order chi connectivity index (χ1) is 14.9. The van der Waals surface area contributed by atoms with Crippen LogP contribution in [0.1, 0.15) is 36.8 Å². The minimum atomic E-state index is -1.21. The second kappa shape index (κ2) is 8.49. The van der Waals surface area contributed by atoms with Crippen molar-refractivity contribution < 1.29 is 18.8 Å². The van der Waals surface area contributed by atoms with Crippen LogP contribution in [0.4, 0.5) is 9.18 Å². The molecule has 0 radical (unpaired) electrons. The van der Waals surface area contributed by atoms with Crippen molar-refractivity contribution in [3.05, 3.63) is 71.5 Å². The van der Waals surface area contributed by atoms with Gasteiger partial charge >= 0.3 is 6.03 Å². The lowest BCUT2D eigenvalue weighted by molar-refractivity contribution is -0.135. The molecule has 0 unspecified atom stereocenters. The molecule has 2 aliphatic heterocycles. The molecule has 31 heavy (non-hydrogen) atoms. The maximum atomic E-state index is 14.3. The highest BCUT2D eigenvalue weighted by Gasteiger charge is 2.52. The summed E-state index contributed by atoms with van der Waals surface area (Å²) in [5, 5.41) is 5.11. The Balaban J connectivity index is 1.49. The summed E-state index contributed by atoms with van der Waals surface area (Å²) in [6, 6.07) is 15.4. The fraction of sp³-hybridized carbons (Fsp3) is 0.375. The molecule has 4 amide bonds. The van der Waals surface area contributed by atoms with Gasteiger partial charge < -0.3 is 10.2 Å². The van der Waals surface area contributed by atoms with Gasteiger partial charge in [-0.05, 0) is 42.9 Å². The van der Waals surface area contributed by atoms with Gasteiger partial charge in [-0.3, -0.25) is 14.9 Å². The summed E-state index contributed by atoms with van der Waals surface area (Å²) in [6.45, 7) is 2.87. The molecule has 6 nitrogen and oxygen atoms in total. The molecule has 0 aromatic heterocycles. The summed E-state index contributed by atoms with van der Waals surface area (Å²) in [6.07, 6.45) is 1.18. The van der Waals surface area contributed by atoms with E-state index < -0.39 is 23.3 Å². The maximum Gasteiger partial charge on any atom is 0.322 e. The van der Waals surface area contributed by atoms with Crippen LogP contribution in [0.2, 0.25) is 0 Å². The zero-order valence-electron chi connectivity index (χ0n) is 17.4. The lowest BCUT2D eigenvalue weighted by Crippen LogP contribution is -2.58. The topological polar surface area (TPSA) is 78.5 Å². The zero-order chi connectivity index (χ0) is 22.0. The number of likely N-dealkylation sites (tertiary alicyclic amines) is 1. The van der Waals surface area contributed by atoms with E-state index in [4.69, 9.17) is 0 Å². The summed E-state index contributed by atoms with van der Waals surface area (Å²) < 4.78 is 14.3. The van der Waals surface area contributed by atoms with Crippen molar-refractivity contribution in [1.82, 2.24) is 15.5 Å². The van der Waals surface area contributed by atoms with E-state index in [1.54, 1.807) is 18.2 Å². The third-order valence-electron chi connectivity index (χ3n) is 6.57. The highest BCUT2D eigenvalue weighted by atomic mass is 19.1. The van der Waals surface area contributed by atoms with E-state index in [9.17, 15) is 18.8 Å². The molecule has 2 heterocycles. The van der Waals surface area contributed by atoms with Crippen molar-refractivity contribution in [2.24, 2.45) is 5.92 Å². The SMILES string of the molecule is C[C@@H](C(=O)N1CCC([C@@]2(Cc3ccccc3F)NC(=O)NC2=O)CC1)c1ccccc1. The summed E-state index contributed by atoms with van der Waals surface area (Å²) in [7, 11) is 0. The fourth-order valence-electron chi connectivity index (χ4n) is 4.75. The predicted molar refractivity (Wildman–Crippen MR) is 114 cm³/mol. The van der Waals surface area contributed by atoms with Crippen LogP contribution >= 0.6 is 0 Å². The summed E-state index contributed by atoms with van der Waals surface area (Å²) in [5.74, 6) is -1.23. The van der Waals surface area contributed by atoms with Gasteiger partial charge in [0.1, 0.15) is 11.4 Å². The van der Waals surface area contributed by atoms with Gasteiger partial charge in [-0.15, -0.1) is 0 Å². The van der Waals surface area contributed by atoms with Gasteiger partial charge in [0.2, 0.25) is 5.91 Å². The standard InChI is InChI=1S/C24H26FN3O3/c1-16(17-7-3-2-4-8-17)21(29)28-13-11-19(12-14-28)24(22(30)26-23(31)27-24)15-18-9-5-6-10-20(18)25/h2-10,16,19H,11-15H2,1H3,(H2,26,27,30,31)/t16-,24-/m1/s1. The molecule has 0 bridgehead atoms. The Morgan fingerprint density at radius 2 is 1.74 bits per heavy atom. The van der Waals surface area contributed by atoms with E-state index in [0.29, 0.717) is 31.5 Å². The number of benzene rings is 2. The van der Waals surface area contributed by atoms with Crippen LogP contribution in [-0.2, 0) is 16.0 Å². The summed E-state index contributed by atoms with van der Waals surface area (Å²) >= 11 is 0. The average molecular weight is 423 g/mol. The minimum Gasteiger partial charge on any atom is -0.342 e. The second-order valence-electron chi connectivity index (χ2n) is 8.38. The Bertz CT molecular complexity index is 989. The molecule has 0 spiro atoms. The summed E-state index contributed by atoms with van der Waals surface area (Å²) in [4.78, 5) is 39.6. The van der Waals surface area contributed by atoms with E-state index in [1.807, 2.05) is 42.2 Å². The first kappa shape index (κ1) is 21.0. The smallest absolute Gasteiger partial charge is 0.322 e. The molecule has 4 rings (SSSR count). The second-order valence-corrected chi connectivity index (χ2v) is 8.38. The average Bonchev–Trinajstić information content (AvgIpc) is 3.08. The predicted octanol–water partition coefficient (Wildman–Crippen LogP) is 2.99. The van der Waals surface area contributed by atoms with Gasteiger partial charge in [-0.2, -0.15) is 0 Å². The molecule has 2 saturated heterocycles. The zero-order valence-corrected chi connectivity index (χ0v) is 17.4. The Labute approximate surface area is 180 Å². The normalized spacial score (nSPS) is 22.7. The Morgan fingerprint density at radius 3 is 2.35 bits per heavy atom.